The second kappa shape index (κ2) is 7.82. The number of likely N-dealkylation sites (tertiary alicyclic amines) is 1. The SMILES string of the molecule is Cc1nn(C)cc1-c1c(F)c(F)cc(F)c1-c1nc2cc(C(=O)N3C[C@@H]4C[C@H]3C(=O)N4)ccn2c1Cl. The van der Waals surface area contributed by atoms with Crippen LogP contribution in [0.2, 0.25) is 5.15 Å². The van der Waals surface area contributed by atoms with Crippen LogP contribution < -0.4 is 5.32 Å². The molecule has 8 nitrogen and oxygen atoms in total. The summed E-state index contributed by atoms with van der Waals surface area (Å²) in [5.74, 6) is -4.18. The van der Waals surface area contributed by atoms with Crippen LogP contribution in [-0.4, -0.2) is 54.5 Å². The molecule has 0 unspecified atom stereocenters. The largest absolute Gasteiger partial charge is 0.350 e. The van der Waals surface area contributed by atoms with Crippen LogP contribution in [0.1, 0.15) is 22.5 Å². The van der Waals surface area contributed by atoms with Crippen molar-refractivity contribution < 1.29 is 22.8 Å². The molecule has 2 atom stereocenters. The van der Waals surface area contributed by atoms with Gasteiger partial charge in [0, 0.05) is 54.8 Å². The predicted molar refractivity (Wildman–Crippen MR) is 124 cm³/mol. The third-order valence-electron chi connectivity index (χ3n) is 6.72. The molecule has 184 valence electrons. The van der Waals surface area contributed by atoms with Gasteiger partial charge in [0.05, 0.1) is 11.3 Å². The number of piperazine rings is 1. The standard InChI is InChI=1S/C24H18ClF3N6O2/c1-10-13(9-32(2)31-10)18-19(14(26)7-15(27)20(18)28)21-22(25)33-4-3-11(5-17(33)30-21)24(36)34-8-12-6-16(34)23(35)29-12/h3-5,7,9,12,16H,6,8H2,1-2H3,(H,29,35)/t12-,16-/m0/s1. The third kappa shape index (κ3) is 3.22. The molecule has 2 bridgehead atoms. The van der Waals surface area contributed by atoms with E-state index in [-0.39, 0.29) is 56.6 Å². The normalized spacial score (nSPS) is 18.9. The van der Waals surface area contributed by atoms with E-state index in [0.717, 1.165) is 0 Å². The highest BCUT2D eigenvalue weighted by Crippen LogP contribution is 2.41. The van der Waals surface area contributed by atoms with Crippen molar-refractivity contribution in [3.8, 4) is 22.4 Å². The molecule has 1 N–H and O–H groups in total. The van der Waals surface area contributed by atoms with Crippen LogP contribution in [0.4, 0.5) is 13.2 Å². The van der Waals surface area contributed by atoms with E-state index >= 15 is 8.78 Å². The number of pyridine rings is 1. The lowest BCUT2D eigenvalue weighted by molar-refractivity contribution is -0.124. The van der Waals surface area contributed by atoms with E-state index in [9.17, 15) is 14.0 Å². The fourth-order valence-corrected chi connectivity index (χ4v) is 5.39. The molecule has 4 aromatic rings. The molecule has 0 aliphatic carbocycles. The summed E-state index contributed by atoms with van der Waals surface area (Å²) in [6.07, 6.45) is 3.51. The van der Waals surface area contributed by atoms with Gasteiger partial charge >= 0.3 is 0 Å². The summed E-state index contributed by atoms with van der Waals surface area (Å²) < 4.78 is 47.4. The van der Waals surface area contributed by atoms with Gasteiger partial charge in [-0.2, -0.15) is 5.10 Å². The Labute approximate surface area is 207 Å². The molecule has 2 aliphatic heterocycles. The molecule has 1 aromatic carbocycles. The number of fused-ring (bicyclic) bond motifs is 3. The second-order valence-electron chi connectivity index (χ2n) is 9.02. The first kappa shape index (κ1) is 22.6. The number of imidazole rings is 1. The van der Waals surface area contributed by atoms with Gasteiger partial charge in [0.2, 0.25) is 5.91 Å². The molecule has 2 aliphatic rings. The topological polar surface area (TPSA) is 84.5 Å². The quantitative estimate of drug-likeness (QED) is 0.424. The van der Waals surface area contributed by atoms with Gasteiger partial charge in [-0.3, -0.25) is 18.7 Å². The number of halogens is 4. The average Bonchev–Trinajstić information content (AvgIpc) is 3.58. The molecule has 2 saturated heterocycles. The Kier molecular flexibility index (Phi) is 4.91. The first-order valence-corrected chi connectivity index (χ1v) is 11.5. The number of benzene rings is 1. The zero-order chi connectivity index (χ0) is 25.5. The Morgan fingerprint density at radius 2 is 1.97 bits per heavy atom. The van der Waals surface area contributed by atoms with Gasteiger partial charge in [0.1, 0.15) is 28.4 Å². The molecule has 12 heteroatoms. The lowest BCUT2D eigenvalue weighted by Crippen LogP contribution is -2.50. The highest BCUT2D eigenvalue weighted by molar-refractivity contribution is 6.32. The molecule has 0 saturated carbocycles. The Morgan fingerprint density at radius 1 is 1.19 bits per heavy atom. The van der Waals surface area contributed by atoms with E-state index in [1.807, 2.05) is 0 Å². The van der Waals surface area contributed by atoms with Crippen LogP contribution in [0.25, 0.3) is 28.0 Å². The monoisotopic (exact) mass is 514 g/mol. The van der Waals surface area contributed by atoms with Gasteiger partial charge in [-0.25, -0.2) is 18.2 Å². The first-order chi connectivity index (χ1) is 17.1. The second-order valence-corrected chi connectivity index (χ2v) is 9.37. The number of carbonyl (C=O) groups is 2. The lowest BCUT2D eigenvalue weighted by Gasteiger charge is -2.26. The molecule has 0 spiro atoms. The summed E-state index contributed by atoms with van der Waals surface area (Å²) in [5, 5.41) is 6.93. The van der Waals surface area contributed by atoms with Crippen LogP contribution in [0.3, 0.4) is 0 Å². The number of nitrogens with zero attached hydrogens (tertiary/aromatic N) is 5. The molecule has 2 fully saturated rings. The Hall–Kier alpha value is -3.86. The van der Waals surface area contributed by atoms with Crippen molar-refractivity contribution in [1.82, 2.24) is 29.4 Å². The van der Waals surface area contributed by atoms with Crippen molar-refractivity contribution in [1.29, 1.82) is 0 Å². The van der Waals surface area contributed by atoms with Crippen LogP contribution in [-0.2, 0) is 11.8 Å². The van der Waals surface area contributed by atoms with Crippen LogP contribution in [0.5, 0.6) is 0 Å². The maximum atomic E-state index is 15.2. The number of rotatable bonds is 3. The zero-order valence-corrected chi connectivity index (χ0v) is 19.8. The van der Waals surface area contributed by atoms with Crippen LogP contribution >= 0.6 is 11.6 Å². The van der Waals surface area contributed by atoms with E-state index in [0.29, 0.717) is 24.7 Å². The molecule has 6 rings (SSSR count). The van der Waals surface area contributed by atoms with Crippen molar-refractivity contribution in [3.63, 3.8) is 0 Å². The van der Waals surface area contributed by atoms with Gasteiger partial charge in [-0.15, -0.1) is 0 Å². The van der Waals surface area contributed by atoms with E-state index in [2.05, 4.69) is 15.4 Å². The van der Waals surface area contributed by atoms with E-state index in [4.69, 9.17) is 11.6 Å². The number of amides is 2. The summed E-state index contributed by atoms with van der Waals surface area (Å²) in [6, 6.07) is 2.86. The summed E-state index contributed by atoms with van der Waals surface area (Å²) in [6.45, 7) is 2.00. The van der Waals surface area contributed by atoms with Gasteiger partial charge in [0.15, 0.2) is 11.6 Å². The molecule has 5 heterocycles. The summed E-state index contributed by atoms with van der Waals surface area (Å²) in [4.78, 5) is 31.0. The highest BCUT2D eigenvalue weighted by atomic mass is 35.5. The van der Waals surface area contributed by atoms with E-state index < -0.39 is 23.5 Å². The molecular formula is C24H18ClF3N6O2. The molecule has 2 amide bonds. The average molecular weight is 515 g/mol. The Morgan fingerprint density at radius 3 is 2.64 bits per heavy atom. The third-order valence-corrected chi connectivity index (χ3v) is 7.08. The fourth-order valence-electron chi connectivity index (χ4n) is 5.11. The number of nitrogens with one attached hydrogen (secondary N) is 1. The first-order valence-electron chi connectivity index (χ1n) is 11.1. The molecule has 0 radical (unpaired) electrons. The van der Waals surface area contributed by atoms with Gasteiger partial charge in [-0.1, -0.05) is 11.6 Å². The number of hydrogen-bond donors (Lipinski definition) is 1. The molecular weight excluding hydrogens is 497 g/mol. The summed E-state index contributed by atoms with van der Waals surface area (Å²) in [7, 11) is 1.61. The van der Waals surface area contributed by atoms with E-state index in [1.54, 1.807) is 14.0 Å². The van der Waals surface area contributed by atoms with E-state index in [1.165, 1.54) is 38.5 Å². The lowest BCUT2D eigenvalue weighted by atomic mass is 9.97. The highest BCUT2D eigenvalue weighted by Gasteiger charge is 2.46. The van der Waals surface area contributed by atoms with Gasteiger partial charge in [-0.05, 0) is 25.5 Å². The van der Waals surface area contributed by atoms with Crippen LogP contribution in [0, 0.1) is 24.4 Å². The summed E-state index contributed by atoms with van der Waals surface area (Å²) in [5.41, 5.74) is 0.237. The summed E-state index contributed by atoms with van der Waals surface area (Å²) >= 11 is 6.54. The number of aryl methyl sites for hydroxylation is 2. The maximum Gasteiger partial charge on any atom is 0.254 e. The maximum absolute atomic E-state index is 15.2. The minimum Gasteiger partial charge on any atom is -0.350 e. The van der Waals surface area contributed by atoms with Crippen LogP contribution in [0.15, 0.2) is 30.6 Å². The minimum absolute atomic E-state index is 0.0451. The van der Waals surface area contributed by atoms with Crippen molar-refractivity contribution in [3.05, 3.63) is 64.5 Å². The smallest absolute Gasteiger partial charge is 0.254 e. The predicted octanol–water partition coefficient (Wildman–Crippen LogP) is 3.49. The number of aromatic nitrogens is 4. The number of hydrogen-bond acceptors (Lipinski definition) is 4. The minimum atomic E-state index is -1.36. The van der Waals surface area contributed by atoms with Gasteiger partial charge < -0.3 is 10.2 Å². The molecule has 3 aromatic heterocycles. The van der Waals surface area contributed by atoms with Crippen molar-refractivity contribution in [2.45, 2.75) is 25.4 Å². The van der Waals surface area contributed by atoms with Gasteiger partial charge in [0.25, 0.3) is 5.91 Å². The Balaban J connectivity index is 1.49. The molecule has 36 heavy (non-hydrogen) atoms. The van der Waals surface area contributed by atoms with Crippen molar-refractivity contribution >= 4 is 29.1 Å². The fraction of sp³-hybridized carbons (Fsp3) is 0.250. The van der Waals surface area contributed by atoms with Crippen molar-refractivity contribution in [2.75, 3.05) is 6.54 Å². The van der Waals surface area contributed by atoms with Crippen molar-refractivity contribution in [2.24, 2.45) is 7.05 Å². The zero-order valence-electron chi connectivity index (χ0n) is 19.0. The number of carbonyl (C=O) groups excluding carboxylic acids is 2. The Bertz CT molecular complexity index is 1610.